The van der Waals surface area contributed by atoms with Crippen LogP contribution in [0.3, 0.4) is 0 Å². The van der Waals surface area contributed by atoms with Gasteiger partial charge in [-0.15, -0.1) is 0 Å². The summed E-state index contributed by atoms with van der Waals surface area (Å²) in [6, 6.07) is 23.4. The summed E-state index contributed by atoms with van der Waals surface area (Å²) in [6.45, 7) is 1.93. The fourth-order valence-electron chi connectivity index (χ4n) is 3.08. The molecule has 0 unspecified atom stereocenters. The highest BCUT2D eigenvalue weighted by atomic mass is 16.5. The van der Waals surface area contributed by atoms with Gasteiger partial charge in [0.1, 0.15) is 6.54 Å². The number of amides is 2. The van der Waals surface area contributed by atoms with Crippen LogP contribution >= 0.6 is 0 Å². The molecule has 3 rings (SSSR count). The van der Waals surface area contributed by atoms with Gasteiger partial charge in [0.05, 0.1) is 7.11 Å². The van der Waals surface area contributed by atoms with Crippen LogP contribution in [-0.2, 0) is 16.1 Å². The number of esters is 1. The van der Waals surface area contributed by atoms with Crippen LogP contribution in [0.4, 0.5) is 5.69 Å². The number of carbonyl (C=O) groups excluding carboxylic acids is 3. The molecule has 31 heavy (non-hydrogen) atoms. The van der Waals surface area contributed by atoms with E-state index >= 15 is 0 Å². The van der Waals surface area contributed by atoms with E-state index in [0.717, 1.165) is 11.1 Å². The molecule has 1 N–H and O–H groups in total. The Hall–Kier alpha value is -3.93. The topological polar surface area (TPSA) is 75.7 Å². The first-order valence-corrected chi connectivity index (χ1v) is 9.85. The molecule has 2 amide bonds. The smallest absolute Gasteiger partial charge is 0.325 e. The van der Waals surface area contributed by atoms with Crippen molar-refractivity contribution in [3.05, 3.63) is 101 Å². The largest absolute Gasteiger partial charge is 0.468 e. The van der Waals surface area contributed by atoms with Gasteiger partial charge in [-0.25, -0.2) is 0 Å². The Morgan fingerprint density at radius 1 is 0.871 bits per heavy atom. The lowest BCUT2D eigenvalue weighted by atomic mass is 10.1. The first-order valence-electron chi connectivity index (χ1n) is 9.85. The zero-order valence-corrected chi connectivity index (χ0v) is 17.5. The summed E-state index contributed by atoms with van der Waals surface area (Å²) in [5, 5.41) is 2.86. The predicted molar refractivity (Wildman–Crippen MR) is 119 cm³/mol. The number of nitrogens with zero attached hydrogens (tertiary/aromatic N) is 1. The summed E-state index contributed by atoms with van der Waals surface area (Å²) in [5.41, 5.74) is 3.15. The lowest BCUT2D eigenvalue weighted by Crippen LogP contribution is -2.35. The molecule has 158 valence electrons. The Bertz CT molecular complexity index is 1070. The summed E-state index contributed by atoms with van der Waals surface area (Å²) in [5.74, 6) is -1.09. The third-order valence-corrected chi connectivity index (χ3v) is 4.82. The maximum Gasteiger partial charge on any atom is 0.325 e. The highest BCUT2D eigenvalue weighted by Gasteiger charge is 2.21. The summed E-state index contributed by atoms with van der Waals surface area (Å²) >= 11 is 0. The third-order valence-electron chi connectivity index (χ3n) is 4.82. The lowest BCUT2D eigenvalue weighted by molar-refractivity contribution is -0.141. The summed E-state index contributed by atoms with van der Waals surface area (Å²) in [4.78, 5) is 39.1. The number of carbonyl (C=O) groups is 3. The van der Waals surface area contributed by atoms with E-state index in [1.54, 1.807) is 42.5 Å². The van der Waals surface area contributed by atoms with Gasteiger partial charge in [0, 0.05) is 23.4 Å². The molecule has 0 aliphatic rings. The van der Waals surface area contributed by atoms with Crippen molar-refractivity contribution in [1.82, 2.24) is 4.90 Å². The second-order valence-corrected chi connectivity index (χ2v) is 7.07. The molecule has 0 fully saturated rings. The average Bonchev–Trinajstić information content (AvgIpc) is 2.80. The molecule has 0 aliphatic carbocycles. The van der Waals surface area contributed by atoms with Crippen molar-refractivity contribution in [3.63, 3.8) is 0 Å². The molecule has 3 aromatic carbocycles. The molecule has 0 atom stereocenters. The minimum Gasteiger partial charge on any atom is -0.468 e. The van der Waals surface area contributed by atoms with Gasteiger partial charge in [-0.3, -0.25) is 14.4 Å². The number of aryl methyl sites for hydroxylation is 1. The fraction of sp³-hybridized carbons (Fsp3) is 0.160. The first-order chi connectivity index (χ1) is 15.0. The van der Waals surface area contributed by atoms with Crippen molar-refractivity contribution in [2.45, 2.75) is 13.5 Å². The van der Waals surface area contributed by atoms with Crippen molar-refractivity contribution in [2.24, 2.45) is 0 Å². The van der Waals surface area contributed by atoms with Crippen LogP contribution < -0.4 is 5.32 Å². The van der Waals surface area contributed by atoms with Crippen LogP contribution in [-0.4, -0.2) is 36.3 Å². The summed E-state index contributed by atoms with van der Waals surface area (Å²) in [6.07, 6.45) is 0. The molecular weight excluding hydrogens is 392 g/mol. The monoisotopic (exact) mass is 416 g/mol. The Morgan fingerprint density at radius 3 is 2.16 bits per heavy atom. The van der Waals surface area contributed by atoms with Crippen LogP contribution in [0.25, 0.3) is 0 Å². The second-order valence-electron chi connectivity index (χ2n) is 7.07. The van der Waals surface area contributed by atoms with E-state index in [9.17, 15) is 14.4 Å². The number of hydrogen-bond donors (Lipinski definition) is 1. The van der Waals surface area contributed by atoms with Crippen molar-refractivity contribution >= 4 is 23.5 Å². The summed E-state index contributed by atoms with van der Waals surface area (Å²) < 4.78 is 4.76. The molecule has 6 nitrogen and oxygen atoms in total. The number of hydrogen-bond acceptors (Lipinski definition) is 4. The van der Waals surface area contributed by atoms with Gasteiger partial charge in [-0.05, 0) is 42.3 Å². The van der Waals surface area contributed by atoms with Crippen molar-refractivity contribution in [3.8, 4) is 0 Å². The van der Waals surface area contributed by atoms with Crippen molar-refractivity contribution in [2.75, 3.05) is 19.0 Å². The molecule has 0 radical (unpaired) electrons. The van der Waals surface area contributed by atoms with Gasteiger partial charge in [-0.2, -0.15) is 0 Å². The minimum absolute atomic E-state index is 0.177. The molecule has 0 spiro atoms. The molecule has 0 saturated heterocycles. The van der Waals surface area contributed by atoms with Crippen LogP contribution in [0.1, 0.15) is 31.8 Å². The normalized spacial score (nSPS) is 10.3. The molecule has 0 aromatic heterocycles. The van der Waals surface area contributed by atoms with Crippen LogP contribution in [0.2, 0.25) is 0 Å². The van der Waals surface area contributed by atoms with Crippen LogP contribution in [0.5, 0.6) is 0 Å². The van der Waals surface area contributed by atoms with Gasteiger partial charge < -0.3 is 15.0 Å². The average molecular weight is 416 g/mol. The Labute approximate surface area is 181 Å². The van der Waals surface area contributed by atoms with E-state index in [2.05, 4.69) is 5.32 Å². The number of ether oxygens (including phenoxy) is 1. The molecule has 6 heteroatoms. The van der Waals surface area contributed by atoms with E-state index < -0.39 is 5.97 Å². The van der Waals surface area contributed by atoms with E-state index in [4.69, 9.17) is 4.74 Å². The number of methoxy groups -OCH3 is 1. The molecule has 0 aliphatic heterocycles. The first kappa shape index (κ1) is 21.8. The van der Waals surface area contributed by atoms with E-state index in [1.165, 1.54) is 12.0 Å². The van der Waals surface area contributed by atoms with E-state index in [1.807, 2.05) is 43.3 Å². The third kappa shape index (κ3) is 5.79. The zero-order chi connectivity index (χ0) is 22.2. The van der Waals surface area contributed by atoms with E-state index in [0.29, 0.717) is 16.8 Å². The number of rotatable bonds is 7. The second kappa shape index (κ2) is 10.2. The quantitative estimate of drug-likeness (QED) is 0.590. The number of anilines is 1. The Kier molecular flexibility index (Phi) is 7.17. The van der Waals surface area contributed by atoms with Gasteiger partial charge in [0.15, 0.2) is 0 Å². The van der Waals surface area contributed by atoms with Crippen molar-refractivity contribution in [1.29, 1.82) is 0 Å². The summed E-state index contributed by atoms with van der Waals surface area (Å²) in [7, 11) is 1.29. The SMILES string of the molecule is COC(=O)CN(Cc1ccccc1)C(=O)c1ccc(C)c(NC(=O)c2ccccc2)c1. The molecule has 3 aromatic rings. The van der Waals surface area contributed by atoms with E-state index in [-0.39, 0.29) is 24.9 Å². The fourth-order valence-corrected chi connectivity index (χ4v) is 3.08. The number of nitrogens with one attached hydrogen (secondary N) is 1. The van der Waals surface area contributed by atoms with Crippen LogP contribution in [0, 0.1) is 6.92 Å². The lowest BCUT2D eigenvalue weighted by Gasteiger charge is -2.22. The van der Waals surface area contributed by atoms with Gasteiger partial charge in [-0.1, -0.05) is 54.6 Å². The Morgan fingerprint density at radius 2 is 1.52 bits per heavy atom. The standard InChI is InChI=1S/C25H24N2O4/c1-18-13-14-21(15-22(18)26-24(29)20-11-7-4-8-12-20)25(30)27(17-23(28)31-2)16-19-9-5-3-6-10-19/h3-15H,16-17H2,1-2H3,(H,26,29). The molecular formula is C25H24N2O4. The maximum absolute atomic E-state index is 13.2. The zero-order valence-electron chi connectivity index (χ0n) is 17.5. The van der Waals surface area contributed by atoms with Crippen LogP contribution in [0.15, 0.2) is 78.9 Å². The highest BCUT2D eigenvalue weighted by Crippen LogP contribution is 2.20. The number of benzene rings is 3. The highest BCUT2D eigenvalue weighted by molar-refractivity contribution is 6.05. The van der Waals surface area contributed by atoms with Gasteiger partial charge in [0.25, 0.3) is 11.8 Å². The maximum atomic E-state index is 13.2. The van der Waals surface area contributed by atoms with Crippen molar-refractivity contribution < 1.29 is 19.1 Å². The molecule has 0 heterocycles. The minimum atomic E-state index is -0.506. The van der Waals surface area contributed by atoms with Gasteiger partial charge in [0.2, 0.25) is 0 Å². The predicted octanol–water partition coefficient (Wildman–Crippen LogP) is 4.06. The Balaban J connectivity index is 1.84. The molecule has 0 saturated carbocycles. The molecule has 0 bridgehead atoms. The van der Waals surface area contributed by atoms with Gasteiger partial charge >= 0.3 is 5.97 Å².